The zero-order valence-corrected chi connectivity index (χ0v) is 17.0. The molecule has 3 rings (SSSR count). The molecule has 34 heavy (non-hydrogen) atoms. The number of halogens is 6. The molecule has 0 aliphatic rings. The van der Waals surface area contributed by atoms with Crippen LogP contribution in [0, 0.1) is 0 Å². The molecule has 178 valence electrons. The SMILES string of the molecule is Nc1ccc(NC(=O)c2cccc(C(=O)Nc3ccc(N)c(C(F)(F)F)c3)c2)cc1C(F)(F)F. The molecule has 0 unspecified atom stereocenters. The maximum Gasteiger partial charge on any atom is 0.418 e. The molecule has 0 fully saturated rings. The molecule has 12 heteroatoms. The fraction of sp³-hybridized carbons (Fsp3) is 0.0909. The highest BCUT2D eigenvalue weighted by Crippen LogP contribution is 2.36. The summed E-state index contributed by atoms with van der Waals surface area (Å²) in [5.41, 5.74) is 6.87. The number of hydrogen-bond acceptors (Lipinski definition) is 4. The predicted molar refractivity (Wildman–Crippen MR) is 114 cm³/mol. The van der Waals surface area contributed by atoms with Crippen molar-refractivity contribution in [2.75, 3.05) is 22.1 Å². The summed E-state index contributed by atoms with van der Waals surface area (Å²) in [6, 6.07) is 10.8. The summed E-state index contributed by atoms with van der Waals surface area (Å²) in [4.78, 5) is 25.0. The number of nitrogens with two attached hydrogens (primary N) is 2. The van der Waals surface area contributed by atoms with E-state index < -0.39 is 46.7 Å². The van der Waals surface area contributed by atoms with Crippen molar-refractivity contribution >= 4 is 34.6 Å². The molecule has 0 heterocycles. The zero-order chi connectivity index (χ0) is 25.3. The number of benzene rings is 3. The van der Waals surface area contributed by atoms with E-state index in [1.165, 1.54) is 30.3 Å². The third-order valence-electron chi connectivity index (χ3n) is 4.62. The first-order valence-corrected chi connectivity index (χ1v) is 9.42. The molecule has 2 amide bonds. The van der Waals surface area contributed by atoms with Crippen LogP contribution in [0.1, 0.15) is 31.8 Å². The van der Waals surface area contributed by atoms with Gasteiger partial charge in [-0.3, -0.25) is 9.59 Å². The largest absolute Gasteiger partial charge is 0.418 e. The Bertz CT molecular complexity index is 1160. The van der Waals surface area contributed by atoms with Gasteiger partial charge >= 0.3 is 12.4 Å². The van der Waals surface area contributed by atoms with E-state index in [0.29, 0.717) is 12.1 Å². The van der Waals surface area contributed by atoms with Gasteiger partial charge in [0.25, 0.3) is 11.8 Å². The number of hydrogen-bond donors (Lipinski definition) is 4. The standard InChI is InChI=1S/C22H16F6N4O2/c23-21(24,25)15-9-13(4-6-17(15)29)31-19(33)11-2-1-3-12(8-11)20(34)32-14-5-7-18(30)16(10-14)22(26,27)28/h1-10H,29-30H2,(H,31,33)(H,32,34). The van der Waals surface area contributed by atoms with Gasteiger partial charge in [0.2, 0.25) is 0 Å². The number of nitrogens with one attached hydrogen (secondary N) is 2. The maximum atomic E-state index is 13.0. The van der Waals surface area contributed by atoms with E-state index >= 15 is 0 Å². The normalized spacial score (nSPS) is 11.7. The van der Waals surface area contributed by atoms with Crippen molar-refractivity contribution in [3.63, 3.8) is 0 Å². The summed E-state index contributed by atoms with van der Waals surface area (Å²) in [7, 11) is 0. The van der Waals surface area contributed by atoms with Crippen LogP contribution in [0.15, 0.2) is 60.7 Å². The minimum Gasteiger partial charge on any atom is -0.398 e. The summed E-state index contributed by atoms with van der Waals surface area (Å²) in [5.74, 6) is -1.64. The molecular formula is C22H16F6N4O2. The fourth-order valence-electron chi connectivity index (χ4n) is 2.97. The second-order valence-electron chi connectivity index (χ2n) is 7.09. The molecule has 3 aromatic carbocycles. The maximum absolute atomic E-state index is 13.0. The van der Waals surface area contributed by atoms with Gasteiger partial charge < -0.3 is 22.1 Å². The second kappa shape index (κ2) is 8.96. The quantitative estimate of drug-likeness (QED) is 0.295. The van der Waals surface area contributed by atoms with Gasteiger partial charge in [0.05, 0.1) is 11.1 Å². The van der Waals surface area contributed by atoms with Crippen LogP contribution in [-0.4, -0.2) is 11.8 Å². The molecule has 0 radical (unpaired) electrons. The lowest BCUT2D eigenvalue weighted by Gasteiger charge is -2.13. The Labute approximate surface area is 188 Å². The van der Waals surface area contributed by atoms with Gasteiger partial charge in [-0.2, -0.15) is 26.3 Å². The van der Waals surface area contributed by atoms with Gasteiger partial charge in [0, 0.05) is 33.9 Å². The summed E-state index contributed by atoms with van der Waals surface area (Å²) < 4.78 is 78.1. The molecule has 0 aliphatic carbocycles. The van der Waals surface area contributed by atoms with E-state index in [-0.39, 0.29) is 22.5 Å². The van der Waals surface area contributed by atoms with E-state index in [1.54, 1.807) is 0 Å². The van der Waals surface area contributed by atoms with Crippen molar-refractivity contribution in [3.05, 3.63) is 82.9 Å². The Morgan fingerprint density at radius 3 is 1.35 bits per heavy atom. The van der Waals surface area contributed by atoms with Gasteiger partial charge in [0.1, 0.15) is 0 Å². The van der Waals surface area contributed by atoms with Crippen LogP contribution in [0.2, 0.25) is 0 Å². The Balaban J connectivity index is 1.79. The molecule has 0 aliphatic heterocycles. The molecule has 0 saturated carbocycles. The molecule has 6 nitrogen and oxygen atoms in total. The smallest absolute Gasteiger partial charge is 0.398 e. The van der Waals surface area contributed by atoms with Crippen LogP contribution in [0.3, 0.4) is 0 Å². The second-order valence-corrected chi connectivity index (χ2v) is 7.09. The number of carbonyl (C=O) groups is 2. The minimum absolute atomic E-state index is 0.0775. The van der Waals surface area contributed by atoms with Crippen molar-refractivity contribution in [2.45, 2.75) is 12.4 Å². The third kappa shape index (κ3) is 5.57. The molecular weight excluding hydrogens is 466 g/mol. The lowest BCUT2D eigenvalue weighted by atomic mass is 10.1. The highest BCUT2D eigenvalue weighted by atomic mass is 19.4. The summed E-state index contributed by atoms with van der Waals surface area (Å²) in [6.45, 7) is 0. The highest BCUT2D eigenvalue weighted by molar-refractivity contribution is 6.08. The first-order chi connectivity index (χ1) is 15.8. The van der Waals surface area contributed by atoms with Crippen LogP contribution in [-0.2, 0) is 12.4 Å². The molecule has 0 aromatic heterocycles. The first kappa shape index (κ1) is 24.4. The summed E-state index contributed by atoms with van der Waals surface area (Å²) in [6.07, 6.45) is -9.45. The number of rotatable bonds is 4. The lowest BCUT2D eigenvalue weighted by Crippen LogP contribution is -2.17. The fourth-order valence-corrected chi connectivity index (χ4v) is 2.97. The number of nitrogen functional groups attached to an aromatic ring is 2. The van der Waals surface area contributed by atoms with Crippen LogP contribution < -0.4 is 22.1 Å². The van der Waals surface area contributed by atoms with E-state index in [1.807, 2.05) is 0 Å². The first-order valence-electron chi connectivity index (χ1n) is 9.42. The van der Waals surface area contributed by atoms with Gasteiger partial charge in [-0.15, -0.1) is 0 Å². The summed E-state index contributed by atoms with van der Waals surface area (Å²) >= 11 is 0. The van der Waals surface area contributed by atoms with Crippen LogP contribution in [0.4, 0.5) is 49.1 Å². The molecule has 0 bridgehead atoms. The number of amides is 2. The van der Waals surface area contributed by atoms with Crippen LogP contribution >= 0.6 is 0 Å². The Morgan fingerprint density at radius 1 is 0.618 bits per heavy atom. The van der Waals surface area contributed by atoms with Crippen molar-refractivity contribution in [2.24, 2.45) is 0 Å². The van der Waals surface area contributed by atoms with Crippen LogP contribution in [0.5, 0.6) is 0 Å². The van der Waals surface area contributed by atoms with E-state index in [4.69, 9.17) is 11.5 Å². The van der Waals surface area contributed by atoms with Gasteiger partial charge in [-0.1, -0.05) is 6.07 Å². The molecule has 6 N–H and O–H groups in total. The summed E-state index contributed by atoms with van der Waals surface area (Å²) in [5, 5.41) is 4.56. The Kier molecular flexibility index (Phi) is 6.44. The van der Waals surface area contributed by atoms with E-state index in [0.717, 1.165) is 18.2 Å². The number of alkyl halides is 6. The van der Waals surface area contributed by atoms with Crippen LogP contribution in [0.25, 0.3) is 0 Å². The van der Waals surface area contributed by atoms with Gasteiger partial charge in [-0.05, 0) is 54.6 Å². The van der Waals surface area contributed by atoms with Crippen molar-refractivity contribution in [1.82, 2.24) is 0 Å². The minimum atomic E-state index is -4.73. The van der Waals surface area contributed by atoms with Crippen molar-refractivity contribution in [3.8, 4) is 0 Å². The number of anilines is 4. The third-order valence-corrected chi connectivity index (χ3v) is 4.62. The zero-order valence-electron chi connectivity index (χ0n) is 17.0. The lowest BCUT2D eigenvalue weighted by molar-refractivity contribution is -0.137. The highest BCUT2D eigenvalue weighted by Gasteiger charge is 2.34. The Morgan fingerprint density at radius 2 is 1.00 bits per heavy atom. The molecule has 0 atom stereocenters. The molecule has 0 saturated heterocycles. The number of carbonyl (C=O) groups excluding carboxylic acids is 2. The average Bonchev–Trinajstić information content (AvgIpc) is 2.75. The van der Waals surface area contributed by atoms with Gasteiger partial charge in [0.15, 0.2) is 0 Å². The van der Waals surface area contributed by atoms with E-state index in [2.05, 4.69) is 10.6 Å². The van der Waals surface area contributed by atoms with Crippen molar-refractivity contribution in [1.29, 1.82) is 0 Å². The van der Waals surface area contributed by atoms with E-state index in [9.17, 15) is 35.9 Å². The molecule has 3 aromatic rings. The van der Waals surface area contributed by atoms with Gasteiger partial charge in [-0.25, -0.2) is 0 Å². The monoisotopic (exact) mass is 482 g/mol. The molecule has 0 spiro atoms. The average molecular weight is 482 g/mol. The predicted octanol–water partition coefficient (Wildman–Crippen LogP) is 5.39. The topological polar surface area (TPSA) is 110 Å². The Hall–Kier alpha value is -4.22. The van der Waals surface area contributed by atoms with Crippen molar-refractivity contribution < 1.29 is 35.9 Å².